The molecule has 34 heavy (non-hydrogen) atoms. The van der Waals surface area contributed by atoms with Gasteiger partial charge in [0.2, 0.25) is 5.95 Å². The van der Waals surface area contributed by atoms with E-state index in [0.717, 1.165) is 38.4 Å². The van der Waals surface area contributed by atoms with Crippen molar-refractivity contribution in [3.8, 4) is 0 Å². The Kier molecular flexibility index (Phi) is 5.73. The predicted molar refractivity (Wildman–Crippen MR) is 132 cm³/mol. The predicted octanol–water partition coefficient (Wildman–Crippen LogP) is 4.23. The van der Waals surface area contributed by atoms with Crippen LogP contribution in [0.4, 0.5) is 17.5 Å². The summed E-state index contributed by atoms with van der Waals surface area (Å²) in [6.45, 7) is 1.92. The first-order valence-electron chi connectivity index (χ1n) is 10.7. The molecule has 0 spiro atoms. The first kappa shape index (κ1) is 21.7. The van der Waals surface area contributed by atoms with Gasteiger partial charge >= 0.3 is 0 Å². The van der Waals surface area contributed by atoms with Crippen LogP contribution in [-0.4, -0.2) is 19.6 Å². The molecule has 2 aromatic carbocycles. The second-order valence-corrected chi connectivity index (χ2v) is 8.48. The Morgan fingerprint density at radius 3 is 2.62 bits per heavy atom. The number of aryl methyl sites for hydroxylation is 1. The monoisotopic (exact) mass is 471 g/mol. The SMILES string of the molecule is Cc1nc2nc(Nc3cc(Cl)ccc3Cc3ccc[n+]([O-])c3)nn2c(N)c1Cc1ccccc1. The lowest BCUT2D eigenvalue weighted by Crippen LogP contribution is -2.24. The van der Waals surface area contributed by atoms with Crippen LogP contribution in [0.3, 0.4) is 0 Å². The van der Waals surface area contributed by atoms with Crippen LogP contribution in [0.25, 0.3) is 5.78 Å². The molecule has 5 aromatic rings. The Morgan fingerprint density at radius 2 is 1.82 bits per heavy atom. The van der Waals surface area contributed by atoms with E-state index >= 15 is 0 Å². The summed E-state index contributed by atoms with van der Waals surface area (Å²) in [5, 5.41) is 20.0. The average Bonchev–Trinajstić information content (AvgIpc) is 3.21. The van der Waals surface area contributed by atoms with Crippen molar-refractivity contribution in [3.05, 3.63) is 111 Å². The summed E-state index contributed by atoms with van der Waals surface area (Å²) in [6.07, 6.45) is 4.19. The van der Waals surface area contributed by atoms with Gasteiger partial charge in [0.15, 0.2) is 12.4 Å². The number of fused-ring (bicyclic) bond motifs is 1. The van der Waals surface area contributed by atoms with Crippen molar-refractivity contribution in [2.75, 3.05) is 11.1 Å². The fraction of sp³-hybridized carbons (Fsp3) is 0.120. The number of hydrogen-bond donors (Lipinski definition) is 2. The van der Waals surface area contributed by atoms with Gasteiger partial charge in [0.1, 0.15) is 5.82 Å². The quantitative estimate of drug-likeness (QED) is 0.283. The molecule has 3 N–H and O–H groups in total. The van der Waals surface area contributed by atoms with E-state index in [1.165, 1.54) is 6.20 Å². The largest absolute Gasteiger partial charge is 0.619 e. The van der Waals surface area contributed by atoms with Gasteiger partial charge < -0.3 is 16.3 Å². The second-order valence-electron chi connectivity index (χ2n) is 8.05. The highest BCUT2D eigenvalue weighted by Crippen LogP contribution is 2.27. The molecule has 0 saturated heterocycles. The van der Waals surface area contributed by atoms with Crippen LogP contribution in [0, 0.1) is 12.1 Å². The lowest BCUT2D eigenvalue weighted by Gasteiger charge is -2.10. The van der Waals surface area contributed by atoms with E-state index in [-0.39, 0.29) is 0 Å². The van der Waals surface area contributed by atoms with Gasteiger partial charge in [-0.3, -0.25) is 0 Å². The van der Waals surface area contributed by atoms with Crippen LogP contribution in [-0.2, 0) is 12.8 Å². The molecule has 8 nitrogen and oxygen atoms in total. The average molecular weight is 472 g/mol. The van der Waals surface area contributed by atoms with Gasteiger partial charge in [-0.15, -0.1) is 5.10 Å². The van der Waals surface area contributed by atoms with Crippen molar-refractivity contribution >= 4 is 34.8 Å². The fourth-order valence-corrected chi connectivity index (χ4v) is 4.08. The van der Waals surface area contributed by atoms with Crippen LogP contribution >= 0.6 is 11.6 Å². The number of halogens is 1. The zero-order chi connectivity index (χ0) is 23.7. The molecule has 9 heteroatoms. The van der Waals surface area contributed by atoms with Crippen LogP contribution < -0.4 is 15.8 Å². The third-order valence-electron chi connectivity index (χ3n) is 5.60. The third-order valence-corrected chi connectivity index (χ3v) is 5.84. The Morgan fingerprint density at radius 1 is 1.03 bits per heavy atom. The van der Waals surface area contributed by atoms with Gasteiger partial charge in [0, 0.05) is 46.4 Å². The molecule has 0 aliphatic heterocycles. The molecule has 0 unspecified atom stereocenters. The minimum Gasteiger partial charge on any atom is -0.619 e. The Bertz CT molecular complexity index is 1480. The molecule has 0 aliphatic carbocycles. The van der Waals surface area contributed by atoms with Gasteiger partial charge in [-0.2, -0.15) is 14.2 Å². The van der Waals surface area contributed by atoms with Crippen molar-refractivity contribution in [3.63, 3.8) is 0 Å². The highest BCUT2D eigenvalue weighted by atomic mass is 35.5. The maximum Gasteiger partial charge on any atom is 0.256 e. The van der Waals surface area contributed by atoms with E-state index in [9.17, 15) is 5.21 Å². The van der Waals surface area contributed by atoms with Crippen LogP contribution in [0.5, 0.6) is 0 Å². The highest BCUT2D eigenvalue weighted by molar-refractivity contribution is 6.30. The van der Waals surface area contributed by atoms with E-state index < -0.39 is 0 Å². The molecular formula is C25H22ClN7O. The summed E-state index contributed by atoms with van der Waals surface area (Å²) in [5.41, 5.74) is 11.9. The molecule has 5 rings (SSSR count). The Balaban J connectivity index is 1.47. The summed E-state index contributed by atoms with van der Waals surface area (Å²) < 4.78 is 2.33. The normalized spacial score (nSPS) is 11.1. The number of nitrogens with one attached hydrogen (secondary N) is 1. The summed E-state index contributed by atoms with van der Waals surface area (Å²) in [5.74, 6) is 1.27. The van der Waals surface area contributed by atoms with Crippen molar-refractivity contribution in [2.45, 2.75) is 19.8 Å². The number of anilines is 3. The van der Waals surface area contributed by atoms with E-state index in [1.54, 1.807) is 22.8 Å². The molecule has 0 amide bonds. The number of aromatic nitrogens is 5. The van der Waals surface area contributed by atoms with E-state index in [1.807, 2.05) is 43.3 Å². The zero-order valence-electron chi connectivity index (χ0n) is 18.4. The number of benzene rings is 2. The molecule has 0 saturated carbocycles. The van der Waals surface area contributed by atoms with Crippen molar-refractivity contribution in [1.29, 1.82) is 0 Å². The molecule has 170 valence electrons. The van der Waals surface area contributed by atoms with Crippen LogP contribution in [0.15, 0.2) is 73.1 Å². The maximum absolute atomic E-state index is 11.7. The molecular weight excluding hydrogens is 450 g/mol. The topological polar surface area (TPSA) is 108 Å². The highest BCUT2D eigenvalue weighted by Gasteiger charge is 2.16. The van der Waals surface area contributed by atoms with Crippen molar-refractivity contribution in [1.82, 2.24) is 19.6 Å². The number of nitrogen functional groups attached to an aromatic ring is 1. The van der Waals surface area contributed by atoms with E-state index in [0.29, 0.717) is 35.4 Å². The zero-order valence-corrected chi connectivity index (χ0v) is 19.2. The van der Waals surface area contributed by atoms with Crippen LogP contribution in [0.1, 0.15) is 27.9 Å². The molecule has 0 aliphatic rings. The maximum atomic E-state index is 11.7. The summed E-state index contributed by atoms with van der Waals surface area (Å²) in [6, 6.07) is 19.2. The summed E-state index contributed by atoms with van der Waals surface area (Å²) >= 11 is 6.26. The van der Waals surface area contributed by atoms with Gasteiger partial charge in [-0.05, 0) is 36.2 Å². The number of nitrogens with two attached hydrogens (primary N) is 1. The third kappa shape index (κ3) is 4.49. The molecule has 3 aromatic heterocycles. The number of pyridine rings is 1. The van der Waals surface area contributed by atoms with Gasteiger partial charge in [-0.25, -0.2) is 4.98 Å². The van der Waals surface area contributed by atoms with E-state index in [4.69, 9.17) is 17.3 Å². The summed E-state index contributed by atoms with van der Waals surface area (Å²) in [7, 11) is 0. The fourth-order valence-electron chi connectivity index (χ4n) is 3.91. The number of rotatable bonds is 6. The minimum atomic E-state index is 0.353. The molecule has 0 bridgehead atoms. The lowest BCUT2D eigenvalue weighted by atomic mass is 10.0. The van der Waals surface area contributed by atoms with Crippen LogP contribution in [0.2, 0.25) is 5.02 Å². The lowest BCUT2D eigenvalue weighted by molar-refractivity contribution is -0.605. The van der Waals surface area contributed by atoms with Gasteiger partial charge in [0.05, 0.1) is 0 Å². The Hall–Kier alpha value is -4.17. The first-order chi connectivity index (χ1) is 16.5. The van der Waals surface area contributed by atoms with Gasteiger partial charge in [0.25, 0.3) is 5.78 Å². The number of nitrogens with zero attached hydrogens (tertiary/aromatic N) is 5. The number of hydrogen-bond acceptors (Lipinski definition) is 6. The smallest absolute Gasteiger partial charge is 0.256 e. The first-order valence-corrected chi connectivity index (χ1v) is 11.1. The standard InChI is InChI=1S/C25H22ClN7O/c1-16-21(13-17-6-3-2-4-7-17)23(27)33-25(28-16)30-24(31-33)29-22-14-20(26)10-9-19(22)12-18-8-5-11-32(34)15-18/h2-11,14-15H,12-13,27H2,1H3,(H,29,31). The van der Waals surface area contributed by atoms with Gasteiger partial charge in [-0.1, -0.05) is 48.0 Å². The minimum absolute atomic E-state index is 0.353. The molecule has 3 heterocycles. The Labute approximate surface area is 201 Å². The molecule has 0 radical (unpaired) electrons. The molecule has 0 atom stereocenters. The summed E-state index contributed by atoms with van der Waals surface area (Å²) in [4.78, 5) is 9.14. The molecule has 0 fully saturated rings. The van der Waals surface area contributed by atoms with Crippen molar-refractivity contribution < 1.29 is 4.73 Å². The van der Waals surface area contributed by atoms with Crippen molar-refractivity contribution in [2.24, 2.45) is 0 Å². The van der Waals surface area contributed by atoms with E-state index in [2.05, 4.69) is 32.5 Å². The second kappa shape index (κ2) is 8.99.